The minimum atomic E-state index is -0.00926. The zero-order valence-corrected chi connectivity index (χ0v) is 13.6. The Kier molecular flexibility index (Phi) is 5.61. The lowest BCUT2D eigenvalue weighted by molar-refractivity contribution is -0.130. The van der Waals surface area contributed by atoms with E-state index >= 15 is 0 Å². The molecule has 112 valence electrons. The second kappa shape index (κ2) is 7.23. The Labute approximate surface area is 126 Å². The van der Waals surface area contributed by atoms with Crippen molar-refractivity contribution in [3.8, 4) is 0 Å². The fourth-order valence-corrected chi connectivity index (χ4v) is 3.43. The summed E-state index contributed by atoms with van der Waals surface area (Å²) in [5.74, 6) is 1.02. The Hall–Kier alpha value is -0.870. The number of nitrogens with one attached hydrogen (secondary N) is 1. The van der Waals surface area contributed by atoms with Crippen molar-refractivity contribution in [2.45, 2.75) is 58.7 Å². The number of amides is 1. The molecule has 0 aromatic carbocycles. The first-order chi connectivity index (χ1) is 9.63. The molecule has 0 saturated carbocycles. The number of thiophene rings is 1. The Bertz CT molecular complexity index is 416. The molecule has 1 aromatic heterocycles. The number of nitrogens with zero attached hydrogens (tertiary/aromatic N) is 1. The summed E-state index contributed by atoms with van der Waals surface area (Å²) in [5.41, 5.74) is 1.23. The average molecular weight is 294 g/mol. The van der Waals surface area contributed by atoms with Crippen LogP contribution >= 0.6 is 11.3 Å². The summed E-state index contributed by atoms with van der Waals surface area (Å²) >= 11 is 1.69. The minimum Gasteiger partial charge on any atom is -0.322 e. The van der Waals surface area contributed by atoms with Gasteiger partial charge in [0.05, 0.1) is 6.04 Å². The second-order valence-electron chi connectivity index (χ2n) is 6.01. The number of unbranched alkanes of at least 4 members (excludes halogenated alkanes) is 1. The van der Waals surface area contributed by atoms with E-state index in [0.29, 0.717) is 0 Å². The zero-order valence-electron chi connectivity index (χ0n) is 12.8. The highest BCUT2D eigenvalue weighted by molar-refractivity contribution is 7.07. The molecule has 0 aliphatic carbocycles. The molecule has 1 N–H and O–H groups in total. The summed E-state index contributed by atoms with van der Waals surface area (Å²) in [6, 6.07) is 2.11. The van der Waals surface area contributed by atoms with Gasteiger partial charge in [-0.05, 0) is 41.1 Å². The predicted molar refractivity (Wildman–Crippen MR) is 84.7 cm³/mol. The highest BCUT2D eigenvalue weighted by atomic mass is 32.1. The molecular formula is C16H26N2OS. The number of hydrogen-bond acceptors (Lipinski definition) is 3. The molecule has 1 saturated heterocycles. The van der Waals surface area contributed by atoms with E-state index in [1.807, 2.05) is 4.90 Å². The van der Waals surface area contributed by atoms with Crippen LogP contribution in [-0.4, -0.2) is 23.4 Å². The van der Waals surface area contributed by atoms with E-state index in [2.05, 4.69) is 42.9 Å². The van der Waals surface area contributed by atoms with Crippen LogP contribution in [0.3, 0.4) is 0 Å². The highest BCUT2D eigenvalue weighted by Gasteiger charge is 2.38. The van der Waals surface area contributed by atoms with Crippen LogP contribution in [0.1, 0.15) is 58.2 Å². The van der Waals surface area contributed by atoms with Gasteiger partial charge in [0.2, 0.25) is 5.91 Å². The Balaban J connectivity index is 1.97. The molecule has 1 aromatic rings. The lowest BCUT2D eigenvalue weighted by atomic mass is 10.1. The van der Waals surface area contributed by atoms with Crippen LogP contribution in [0.5, 0.6) is 0 Å². The van der Waals surface area contributed by atoms with Gasteiger partial charge in [0.15, 0.2) is 0 Å². The first kappa shape index (κ1) is 15.5. The maximum atomic E-state index is 12.4. The normalized spacial score (nSPS) is 23.0. The first-order valence-corrected chi connectivity index (χ1v) is 8.66. The quantitative estimate of drug-likeness (QED) is 0.776. The molecule has 1 amide bonds. The second-order valence-corrected chi connectivity index (χ2v) is 6.79. The topological polar surface area (TPSA) is 32.3 Å². The molecule has 3 nitrogen and oxygen atoms in total. The molecule has 0 radical (unpaired) electrons. The van der Waals surface area contributed by atoms with Crippen molar-refractivity contribution in [1.82, 2.24) is 10.2 Å². The molecule has 0 spiro atoms. The van der Waals surface area contributed by atoms with Crippen LogP contribution in [0.25, 0.3) is 0 Å². The van der Waals surface area contributed by atoms with Crippen molar-refractivity contribution in [3.05, 3.63) is 22.4 Å². The third-order valence-electron chi connectivity index (χ3n) is 3.95. The molecule has 20 heavy (non-hydrogen) atoms. The van der Waals surface area contributed by atoms with Crippen molar-refractivity contribution in [2.24, 2.45) is 5.92 Å². The third-order valence-corrected chi connectivity index (χ3v) is 4.65. The van der Waals surface area contributed by atoms with Crippen LogP contribution in [-0.2, 0) is 4.79 Å². The molecule has 2 unspecified atom stereocenters. The van der Waals surface area contributed by atoms with Gasteiger partial charge < -0.3 is 4.90 Å². The summed E-state index contributed by atoms with van der Waals surface area (Å²) < 4.78 is 0. The van der Waals surface area contributed by atoms with Crippen molar-refractivity contribution in [2.75, 3.05) is 6.54 Å². The lowest BCUT2D eigenvalue weighted by Gasteiger charge is -2.23. The summed E-state index contributed by atoms with van der Waals surface area (Å²) in [5, 5.41) is 7.70. The molecule has 2 heterocycles. The maximum Gasteiger partial charge on any atom is 0.241 e. The van der Waals surface area contributed by atoms with Crippen molar-refractivity contribution in [3.63, 3.8) is 0 Å². The molecule has 2 atom stereocenters. The van der Waals surface area contributed by atoms with Crippen molar-refractivity contribution in [1.29, 1.82) is 0 Å². The monoisotopic (exact) mass is 294 g/mol. The summed E-state index contributed by atoms with van der Waals surface area (Å²) in [4.78, 5) is 14.5. The third kappa shape index (κ3) is 3.61. The van der Waals surface area contributed by atoms with Gasteiger partial charge in [-0.2, -0.15) is 11.3 Å². The molecule has 2 rings (SSSR count). The Morgan fingerprint density at radius 3 is 2.80 bits per heavy atom. The highest BCUT2D eigenvalue weighted by Crippen LogP contribution is 2.28. The van der Waals surface area contributed by atoms with Crippen LogP contribution in [0.4, 0.5) is 0 Å². The number of rotatable bonds is 7. The molecule has 1 aliphatic rings. The van der Waals surface area contributed by atoms with E-state index in [-0.39, 0.29) is 18.1 Å². The molecular weight excluding hydrogens is 268 g/mol. The van der Waals surface area contributed by atoms with Gasteiger partial charge in [-0.15, -0.1) is 0 Å². The van der Waals surface area contributed by atoms with Gasteiger partial charge in [0.25, 0.3) is 0 Å². The van der Waals surface area contributed by atoms with E-state index < -0.39 is 0 Å². The summed E-state index contributed by atoms with van der Waals surface area (Å²) in [7, 11) is 0. The first-order valence-electron chi connectivity index (χ1n) is 7.72. The van der Waals surface area contributed by atoms with Gasteiger partial charge >= 0.3 is 0 Å². The van der Waals surface area contributed by atoms with E-state index in [1.54, 1.807) is 11.3 Å². The number of carbonyl (C=O) groups excluding carboxylic acids is 1. The molecule has 0 bridgehead atoms. The number of hydrogen-bond donors (Lipinski definition) is 1. The van der Waals surface area contributed by atoms with Crippen LogP contribution in [0.15, 0.2) is 16.8 Å². The van der Waals surface area contributed by atoms with E-state index in [4.69, 9.17) is 0 Å². The smallest absolute Gasteiger partial charge is 0.241 e. The zero-order chi connectivity index (χ0) is 14.5. The summed E-state index contributed by atoms with van der Waals surface area (Å²) in [6.07, 6.45) is 4.49. The Morgan fingerprint density at radius 2 is 2.20 bits per heavy atom. The van der Waals surface area contributed by atoms with Gasteiger partial charge in [0.1, 0.15) is 6.17 Å². The van der Waals surface area contributed by atoms with Crippen molar-refractivity contribution < 1.29 is 4.79 Å². The maximum absolute atomic E-state index is 12.4. The van der Waals surface area contributed by atoms with Gasteiger partial charge in [-0.25, -0.2) is 0 Å². The van der Waals surface area contributed by atoms with Gasteiger partial charge in [-0.1, -0.05) is 33.6 Å². The fourth-order valence-electron chi connectivity index (χ4n) is 2.75. The molecule has 1 aliphatic heterocycles. The lowest BCUT2D eigenvalue weighted by Crippen LogP contribution is -2.31. The van der Waals surface area contributed by atoms with Crippen LogP contribution < -0.4 is 5.32 Å². The van der Waals surface area contributed by atoms with Crippen LogP contribution in [0.2, 0.25) is 0 Å². The van der Waals surface area contributed by atoms with E-state index in [0.717, 1.165) is 25.3 Å². The van der Waals surface area contributed by atoms with Crippen LogP contribution in [0, 0.1) is 5.92 Å². The van der Waals surface area contributed by atoms with E-state index in [9.17, 15) is 4.79 Å². The van der Waals surface area contributed by atoms with Gasteiger partial charge in [0, 0.05) is 6.54 Å². The summed E-state index contributed by atoms with van der Waals surface area (Å²) in [6.45, 7) is 7.45. The number of carbonyl (C=O) groups is 1. The van der Waals surface area contributed by atoms with Crippen molar-refractivity contribution >= 4 is 17.2 Å². The average Bonchev–Trinajstić information content (AvgIpc) is 3.03. The van der Waals surface area contributed by atoms with Gasteiger partial charge in [-0.3, -0.25) is 10.1 Å². The molecule has 4 heteroatoms. The fraction of sp³-hybridized carbons (Fsp3) is 0.688. The standard InChI is InChI=1S/C16H26N2OS/c1-4-14-16(19)18(9-6-5-7-12(2)3)15(17-14)13-8-10-20-11-13/h8,10-12,14-15,17H,4-7,9H2,1-3H3. The van der Waals surface area contributed by atoms with E-state index in [1.165, 1.54) is 18.4 Å². The Morgan fingerprint density at radius 1 is 1.40 bits per heavy atom. The predicted octanol–water partition coefficient (Wildman–Crippen LogP) is 3.78. The molecule has 1 fully saturated rings. The SMILES string of the molecule is CCC1NC(c2ccsc2)N(CCCCC(C)C)C1=O. The largest absolute Gasteiger partial charge is 0.322 e. The minimum absolute atomic E-state index is 0.00926.